The van der Waals surface area contributed by atoms with E-state index in [1.807, 2.05) is 59.5 Å². The van der Waals surface area contributed by atoms with Crippen molar-refractivity contribution in [3.05, 3.63) is 104 Å². The highest BCUT2D eigenvalue weighted by atomic mass is 35.5. The number of ether oxygens (including phenoxy) is 1. The van der Waals surface area contributed by atoms with Crippen molar-refractivity contribution in [2.75, 3.05) is 17.4 Å². The van der Waals surface area contributed by atoms with Gasteiger partial charge in [0.05, 0.1) is 39.3 Å². The summed E-state index contributed by atoms with van der Waals surface area (Å²) in [5, 5.41) is 12.4. The highest BCUT2D eigenvalue weighted by Gasteiger charge is 2.38. The quantitative estimate of drug-likeness (QED) is 0.327. The first kappa shape index (κ1) is 24.9. The lowest BCUT2D eigenvalue weighted by atomic mass is 9.86. The van der Waals surface area contributed by atoms with Crippen LogP contribution in [0.5, 0.6) is 5.75 Å². The molecule has 2 heterocycles. The van der Waals surface area contributed by atoms with Gasteiger partial charge in [0.15, 0.2) is 0 Å². The average Bonchev–Trinajstić information content (AvgIpc) is 2.90. The molecule has 0 saturated carbocycles. The van der Waals surface area contributed by atoms with Crippen LogP contribution in [-0.2, 0) is 11.4 Å². The molecule has 0 radical (unpaired) electrons. The van der Waals surface area contributed by atoms with E-state index in [1.54, 1.807) is 17.0 Å². The Hall–Kier alpha value is -2.82. The summed E-state index contributed by atoms with van der Waals surface area (Å²) in [7, 11) is 0. The van der Waals surface area contributed by atoms with Crippen LogP contribution in [0, 0.1) is 11.3 Å². The van der Waals surface area contributed by atoms with Crippen LogP contribution in [0.4, 0.5) is 5.69 Å². The number of allylic oxidation sites excluding steroid dienone is 1. The summed E-state index contributed by atoms with van der Waals surface area (Å²) in [6, 6.07) is 22.9. The fraction of sp³-hybridized carbons (Fsp3) is 0.185. The molecule has 1 fully saturated rings. The molecule has 2 aliphatic rings. The summed E-state index contributed by atoms with van der Waals surface area (Å²) in [5.74, 6) is 0.997. The van der Waals surface area contributed by atoms with Gasteiger partial charge in [0, 0.05) is 23.0 Å². The van der Waals surface area contributed by atoms with Gasteiger partial charge in [-0.3, -0.25) is 9.69 Å². The van der Waals surface area contributed by atoms with Crippen molar-refractivity contribution in [1.82, 2.24) is 4.90 Å². The minimum Gasteiger partial charge on any atom is -0.489 e. The maximum absolute atomic E-state index is 13.2. The summed E-state index contributed by atoms with van der Waals surface area (Å²) >= 11 is 19.7. The number of benzene rings is 3. The third-order valence-electron chi connectivity index (χ3n) is 6.16. The topological polar surface area (TPSA) is 56.6 Å². The predicted octanol–water partition coefficient (Wildman–Crippen LogP) is 7.45. The summed E-state index contributed by atoms with van der Waals surface area (Å²) in [6.07, 6.45) is 0.229. The molecular formula is C27H20Cl3N3O2S. The lowest BCUT2D eigenvalue weighted by Gasteiger charge is -2.42. The van der Waals surface area contributed by atoms with Crippen molar-refractivity contribution >= 4 is 58.2 Å². The van der Waals surface area contributed by atoms with Gasteiger partial charge in [0.25, 0.3) is 0 Å². The second-order valence-corrected chi connectivity index (χ2v) is 10.6. The first-order valence-corrected chi connectivity index (χ1v) is 13.3. The van der Waals surface area contributed by atoms with Gasteiger partial charge in [-0.1, -0.05) is 70.8 Å². The molecule has 0 aliphatic carbocycles. The minimum atomic E-state index is -0.289. The minimum absolute atomic E-state index is 0.0191. The average molecular weight is 557 g/mol. The molecule has 9 heteroatoms. The number of hydrogen-bond donors (Lipinski definition) is 0. The summed E-state index contributed by atoms with van der Waals surface area (Å²) in [5.41, 5.74) is 3.42. The third kappa shape index (κ3) is 5.16. The number of carbonyl (C=O) groups excluding carboxylic acids is 1. The van der Waals surface area contributed by atoms with E-state index in [-0.39, 0.29) is 18.2 Å². The van der Waals surface area contributed by atoms with Crippen LogP contribution >= 0.6 is 46.6 Å². The molecule has 182 valence electrons. The molecule has 0 unspecified atom stereocenters. The van der Waals surface area contributed by atoms with Crippen LogP contribution in [-0.4, -0.2) is 23.4 Å². The lowest BCUT2D eigenvalue weighted by molar-refractivity contribution is -0.129. The van der Waals surface area contributed by atoms with Crippen LogP contribution in [0.15, 0.2) is 77.3 Å². The SMILES string of the molecule is N#CC1=C2SCN(c3ccc(Cl)c(Cl)c3)CN2C(=O)C[C@H]1c1ccc(OCc2ccc(Cl)cc2)cc1. The molecule has 1 amide bonds. The number of halogens is 3. The van der Waals surface area contributed by atoms with Gasteiger partial charge in [-0.2, -0.15) is 5.26 Å². The molecule has 36 heavy (non-hydrogen) atoms. The second kappa shape index (κ2) is 10.7. The molecule has 0 N–H and O–H groups in total. The van der Waals surface area contributed by atoms with Gasteiger partial charge in [-0.15, -0.1) is 0 Å². The molecule has 3 aromatic carbocycles. The molecule has 5 nitrogen and oxygen atoms in total. The van der Waals surface area contributed by atoms with E-state index in [1.165, 1.54) is 11.8 Å². The number of fused-ring (bicyclic) bond motifs is 1. The molecule has 1 atom stereocenters. The van der Waals surface area contributed by atoms with E-state index in [4.69, 9.17) is 39.5 Å². The first-order chi connectivity index (χ1) is 17.4. The normalized spacial score (nSPS) is 17.6. The molecule has 2 aliphatic heterocycles. The number of nitriles is 1. The highest BCUT2D eigenvalue weighted by Crippen LogP contribution is 2.43. The standard InChI is InChI=1S/C27H20Cl3N3O2S/c28-19-5-1-17(2-6-19)14-35-21-8-3-18(4-9-21)22-12-26(34)33-15-32(16-36-27(33)23(22)13-31)20-7-10-24(29)25(30)11-20/h1-11,22H,12,14-16H2/t22-/m0/s1. The summed E-state index contributed by atoms with van der Waals surface area (Å²) < 4.78 is 5.88. The second-order valence-electron chi connectivity index (χ2n) is 8.45. The van der Waals surface area contributed by atoms with E-state index in [2.05, 4.69) is 6.07 Å². The summed E-state index contributed by atoms with van der Waals surface area (Å²) in [6.45, 7) is 0.779. The number of amides is 1. The summed E-state index contributed by atoms with van der Waals surface area (Å²) in [4.78, 5) is 16.9. The molecular weight excluding hydrogens is 537 g/mol. The monoisotopic (exact) mass is 555 g/mol. The maximum atomic E-state index is 13.2. The van der Waals surface area contributed by atoms with Crippen LogP contribution in [0.25, 0.3) is 0 Å². The van der Waals surface area contributed by atoms with Crippen molar-refractivity contribution < 1.29 is 9.53 Å². The van der Waals surface area contributed by atoms with Gasteiger partial charge >= 0.3 is 0 Å². The van der Waals surface area contributed by atoms with Crippen LogP contribution < -0.4 is 9.64 Å². The number of anilines is 1. The van der Waals surface area contributed by atoms with Crippen LogP contribution in [0.2, 0.25) is 15.1 Å². The first-order valence-electron chi connectivity index (χ1n) is 11.2. The van der Waals surface area contributed by atoms with Crippen LogP contribution in [0.1, 0.15) is 23.5 Å². The molecule has 3 aromatic rings. The lowest BCUT2D eigenvalue weighted by Crippen LogP contribution is -2.47. The molecule has 0 bridgehead atoms. The number of nitrogens with zero attached hydrogens (tertiary/aromatic N) is 3. The Balaban J connectivity index is 1.32. The fourth-order valence-corrected chi connectivity index (χ4v) is 5.82. The van der Waals surface area contributed by atoms with Crippen molar-refractivity contribution in [2.24, 2.45) is 0 Å². The number of hydrogen-bond acceptors (Lipinski definition) is 5. The molecule has 0 aromatic heterocycles. The largest absolute Gasteiger partial charge is 0.489 e. The van der Waals surface area contributed by atoms with Gasteiger partial charge < -0.3 is 9.64 Å². The highest BCUT2D eigenvalue weighted by molar-refractivity contribution is 8.03. The Morgan fingerprint density at radius 2 is 1.75 bits per heavy atom. The Kier molecular flexibility index (Phi) is 7.36. The number of rotatable bonds is 5. The Morgan fingerprint density at radius 1 is 1.00 bits per heavy atom. The predicted molar refractivity (Wildman–Crippen MR) is 145 cm³/mol. The molecule has 0 spiro atoms. The van der Waals surface area contributed by atoms with Crippen molar-refractivity contribution in [3.8, 4) is 11.8 Å². The zero-order chi connectivity index (χ0) is 25.2. The van der Waals surface area contributed by atoms with E-state index in [0.29, 0.717) is 45.5 Å². The van der Waals surface area contributed by atoms with Gasteiger partial charge in [-0.25, -0.2) is 0 Å². The van der Waals surface area contributed by atoms with Gasteiger partial charge in [0.1, 0.15) is 12.4 Å². The zero-order valence-electron chi connectivity index (χ0n) is 19.0. The molecule has 1 saturated heterocycles. The zero-order valence-corrected chi connectivity index (χ0v) is 22.0. The number of thioether (sulfide) groups is 1. The molecule has 5 rings (SSSR count). The van der Waals surface area contributed by atoms with Crippen molar-refractivity contribution in [1.29, 1.82) is 5.26 Å². The Bertz CT molecular complexity index is 1370. The smallest absolute Gasteiger partial charge is 0.229 e. The van der Waals surface area contributed by atoms with E-state index < -0.39 is 0 Å². The third-order valence-corrected chi connectivity index (χ3v) is 8.31. The number of carbonyl (C=O) groups is 1. The van der Waals surface area contributed by atoms with Crippen molar-refractivity contribution in [3.63, 3.8) is 0 Å². The van der Waals surface area contributed by atoms with E-state index in [9.17, 15) is 10.1 Å². The Morgan fingerprint density at radius 3 is 2.44 bits per heavy atom. The van der Waals surface area contributed by atoms with Crippen LogP contribution in [0.3, 0.4) is 0 Å². The fourth-order valence-electron chi connectivity index (χ4n) is 4.24. The van der Waals surface area contributed by atoms with Gasteiger partial charge in [0.2, 0.25) is 5.91 Å². The van der Waals surface area contributed by atoms with E-state index >= 15 is 0 Å². The van der Waals surface area contributed by atoms with Gasteiger partial charge in [-0.05, 0) is 53.6 Å². The van der Waals surface area contributed by atoms with Crippen molar-refractivity contribution in [2.45, 2.75) is 18.9 Å². The maximum Gasteiger partial charge on any atom is 0.229 e. The van der Waals surface area contributed by atoms with E-state index in [0.717, 1.165) is 21.8 Å². The Labute approximate surface area is 228 Å².